The van der Waals surface area contributed by atoms with Crippen LogP contribution in [0.5, 0.6) is 0 Å². The van der Waals surface area contributed by atoms with Gasteiger partial charge in [0.2, 0.25) is 0 Å². The lowest BCUT2D eigenvalue weighted by Crippen LogP contribution is -2.55. The van der Waals surface area contributed by atoms with Gasteiger partial charge in [-0.15, -0.1) is 0 Å². The van der Waals surface area contributed by atoms with Gasteiger partial charge in [0.05, 0.1) is 40.3 Å². The molecule has 0 N–H and O–H groups in total. The summed E-state index contributed by atoms with van der Waals surface area (Å²) in [5.74, 6) is -1.75. The predicted octanol–water partition coefficient (Wildman–Crippen LogP) is 12.6. The summed E-state index contributed by atoms with van der Waals surface area (Å²) in [6.07, 6.45) is 51.4. The standard InChI is InChI=1S/C52H93NO7/c1-6-8-10-12-14-16-18-20-21-22-23-24-25-26-27-28-29-31-32-34-36-38-40-42-50(54)59-47-48(46-58-45-44-49(52(56)57)53(3,4)5)60-51(55)43-41-39-37-35-33-30-19-17-15-13-11-9-7-2/h8,10,14,16,20-21,30,33,48-49H,6-7,9,11-13,15,17-19,22-29,31-32,34-47H2,1-5H3/b10-8+,16-14+,21-20+,33-30+. The highest BCUT2D eigenvalue weighted by atomic mass is 16.6. The Balaban J connectivity index is 4.20. The van der Waals surface area contributed by atoms with Crippen LogP contribution in [0, 0.1) is 0 Å². The second-order valence-corrected chi connectivity index (χ2v) is 17.7. The number of aliphatic carboxylic acids is 1. The number of carbonyl (C=O) groups excluding carboxylic acids is 3. The van der Waals surface area contributed by atoms with Crippen LogP contribution in [-0.2, 0) is 28.6 Å². The number of unbranched alkanes of at least 4 members (excludes halogenated alkanes) is 22. The lowest BCUT2D eigenvalue weighted by atomic mass is 10.0. The topological polar surface area (TPSA) is 102 Å². The molecule has 348 valence electrons. The quantitative estimate of drug-likeness (QED) is 0.0260. The minimum Gasteiger partial charge on any atom is -0.544 e. The molecule has 0 amide bonds. The molecule has 8 heteroatoms. The van der Waals surface area contributed by atoms with E-state index >= 15 is 0 Å². The molecular formula is C52H93NO7. The third-order valence-electron chi connectivity index (χ3n) is 10.9. The first kappa shape index (κ1) is 57.3. The van der Waals surface area contributed by atoms with Crippen molar-refractivity contribution >= 4 is 17.9 Å². The zero-order valence-corrected chi connectivity index (χ0v) is 39.6. The van der Waals surface area contributed by atoms with Gasteiger partial charge in [-0.3, -0.25) is 9.59 Å². The van der Waals surface area contributed by atoms with Crippen molar-refractivity contribution < 1.29 is 38.2 Å². The van der Waals surface area contributed by atoms with Crippen LogP contribution in [-0.4, -0.2) is 75.5 Å². The molecule has 0 radical (unpaired) electrons. The summed E-state index contributed by atoms with van der Waals surface area (Å²) in [5, 5.41) is 11.6. The molecule has 0 aliphatic heterocycles. The van der Waals surface area contributed by atoms with E-state index in [0.29, 0.717) is 12.8 Å². The molecule has 0 fully saturated rings. The van der Waals surface area contributed by atoms with Crippen molar-refractivity contribution in [3.63, 3.8) is 0 Å². The molecule has 0 aromatic rings. The number of hydrogen-bond donors (Lipinski definition) is 0. The Kier molecular flexibility index (Phi) is 41.0. The van der Waals surface area contributed by atoms with Crippen LogP contribution >= 0.6 is 0 Å². The van der Waals surface area contributed by atoms with Crippen LogP contribution in [0.2, 0.25) is 0 Å². The summed E-state index contributed by atoms with van der Waals surface area (Å²) >= 11 is 0. The maximum Gasteiger partial charge on any atom is 0.306 e. The summed E-state index contributed by atoms with van der Waals surface area (Å²) < 4.78 is 17.2. The zero-order valence-electron chi connectivity index (χ0n) is 39.6. The van der Waals surface area contributed by atoms with Crippen molar-refractivity contribution in [1.29, 1.82) is 0 Å². The van der Waals surface area contributed by atoms with Gasteiger partial charge in [0.15, 0.2) is 6.10 Å². The fraction of sp³-hybridized carbons (Fsp3) is 0.788. The first-order valence-electron chi connectivity index (χ1n) is 24.7. The number of esters is 2. The van der Waals surface area contributed by atoms with Gasteiger partial charge in [-0.2, -0.15) is 0 Å². The van der Waals surface area contributed by atoms with E-state index in [1.165, 1.54) is 109 Å². The smallest absolute Gasteiger partial charge is 0.306 e. The normalized spacial score (nSPS) is 13.3. The Morgan fingerprint density at radius 2 is 0.933 bits per heavy atom. The third kappa shape index (κ3) is 40.7. The summed E-state index contributed by atoms with van der Waals surface area (Å²) in [6.45, 7) is 4.54. The van der Waals surface area contributed by atoms with Crippen LogP contribution < -0.4 is 5.11 Å². The molecule has 2 unspecified atom stereocenters. The van der Waals surface area contributed by atoms with Gasteiger partial charge in [0, 0.05) is 19.3 Å². The van der Waals surface area contributed by atoms with Crippen molar-refractivity contribution in [2.75, 3.05) is 41.0 Å². The number of quaternary nitrogens is 1. The molecule has 0 rings (SSSR count). The molecule has 0 aromatic heterocycles. The summed E-state index contributed by atoms with van der Waals surface area (Å²) in [5.41, 5.74) is 0. The van der Waals surface area contributed by atoms with E-state index in [-0.39, 0.29) is 42.7 Å². The Labute approximate surface area is 369 Å². The van der Waals surface area contributed by atoms with Gasteiger partial charge in [-0.1, -0.05) is 172 Å². The Morgan fingerprint density at radius 1 is 0.517 bits per heavy atom. The van der Waals surface area contributed by atoms with E-state index in [1.807, 2.05) is 0 Å². The monoisotopic (exact) mass is 844 g/mol. The average molecular weight is 844 g/mol. The third-order valence-corrected chi connectivity index (χ3v) is 10.9. The minimum absolute atomic E-state index is 0.0353. The number of carboxylic acids is 1. The molecule has 0 spiro atoms. The van der Waals surface area contributed by atoms with Crippen molar-refractivity contribution in [2.45, 2.75) is 225 Å². The highest BCUT2D eigenvalue weighted by molar-refractivity contribution is 5.70. The molecule has 0 saturated carbocycles. The second kappa shape index (κ2) is 43.0. The summed E-state index contributed by atoms with van der Waals surface area (Å²) in [6, 6.07) is -0.728. The maximum absolute atomic E-state index is 12.7. The second-order valence-electron chi connectivity index (χ2n) is 17.7. The molecule has 0 bridgehead atoms. The van der Waals surface area contributed by atoms with Gasteiger partial charge in [0.25, 0.3) is 0 Å². The zero-order chi connectivity index (χ0) is 44.2. The SMILES string of the molecule is CC/C=C/C/C=C/C/C=C/CCCCCCCCCCCCCCCC(=O)OCC(COCCC(C(=O)[O-])[N+](C)(C)C)OC(=O)CCCCC/C=C/CCCCCCCC. The highest BCUT2D eigenvalue weighted by Gasteiger charge is 2.25. The predicted molar refractivity (Wildman–Crippen MR) is 250 cm³/mol. The number of carboxylic acid groups (broad SMARTS) is 1. The Bertz CT molecular complexity index is 1120. The number of allylic oxidation sites excluding steroid dienone is 8. The van der Waals surface area contributed by atoms with Gasteiger partial charge in [-0.25, -0.2) is 0 Å². The number of carbonyl (C=O) groups is 3. The van der Waals surface area contributed by atoms with E-state index in [2.05, 4.69) is 62.5 Å². The van der Waals surface area contributed by atoms with E-state index < -0.39 is 18.1 Å². The average Bonchev–Trinajstić information content (AvgIpc) is 3.21. The Morgan fingerprint density at radius 3 is 1.42 bits per heavy atom. The van der Waals surface area contributed by atoms with E-state index in [9.17, 15) is 19.5 Å². The van der Waals surface area contributed by atoms with Crippen LogP contribution in [0.4, 0.5) is 0 Å². The number of hydrogen-bond acceptors (Lipinski definition) is 7. The van der Waals surface area contributed by atoms with E-state index in [4.69, 9.17) is 14.2 Å². The fourth-order valence-corrected chi connectivity index (χ4v) is 7.14. The van der Waals surface area contributed by atoms with Crippen LogP contribution in [0.25, 0.3) is 0 Å². The number of ether oxygens (including phenoxy) is 3. The molecule has 2 atom stereocenters. The first-order chi connectivity index (χ1) is 29.1. The summed E-state index contributed by atoms with van der Waals surface area (Å²) in [7, 11) is 5.41. The van der Waals surface area contributed by atoms with E-state index in [1.54, 1.807) is 21.1 Å². The van der Waals surface area contributed by atoms with Crippen LogP contribution in [0.1, 0.15) is 213 Å². The van der Waals surface area contributed by atoms with Crippen molar-refractivity contribution in [2.24, 2.45) is 0 Å². The molecule has 0 heterocycles. The van der Waals surface area contributed by atoms with Crippen LogP contribution in [0.3, 0.4) is 0 Å². The number of rotatable bonds is 44. The number of nitrogens with zero attached hydrogens (tertiary/aromatic N) is 1. The van der Waals surface area contributed by atoms with Crippen molar-refractivity contribution in [3.05, 3.63) is 48.6 Å². The van der Waals surface area contributed by atoms with E-state index in [0.717, 1.165) is 70.6 Å². The lowest BCUT2D eigenvalue weighted by Gasteiger charge is -2.34. The lowest BCUT2D eigenvalue weighted by molar-refractivity contribution is -0.889. The van der Waals surface area contributed by atoms with Crippen molar-refractivity contribution in [3.8, 4) is 0 Å². The van der Waals surface area contributed by atoms with Gasteiger partial charge < -0.3 is 28.6 Å². The minimum atomic E-state index is -1.13. The summed E-state index contributed by atoms with van der Waals surface area (Å²) in [4.78, 5) is 36.9. The molecule has 0 aliphatic carbocycles. The molecule has 60 heavy (non-hydrogen) atoms. The maximum atomic E-state index is 12.7. The van der Waals surface area contributed by atoms with Crippen molar-refractivity contribution in [1.82, 2.24) is 0 Å². The largest absolute Gasteiger partial charge is 0.544 e. The first-order valence-corrected chi connectivity index (χ1v) is 24.7. The molecule has 0 saturated heterocycles. The number of likely N-dealkylation sites (N-methyl/N-ethyl adjacent to an activating group) is 1. The highest BCUT2D eigenvalue weighted by Crippen LogP contribution is 2.15. The molecule has 0 aliphatic rings. The Hall–Kier alpha value is -2.71. The van der Waals surface area contributed by atoms with Crippen LogP contribution in [0.15, 0.2) is 48.6 Å². The molecule has 0 aromatic carbocycles. The fourth-order valence-electron chi connectivity index (χ4n) is 7.14. The van der Waals surface area contributed by atoms with Gasteiger partial charge >= 0.3 is 11.9 Å². The van der Waals surface area contributed by atoms with Gasteiger partial charge in [0.1, 0.15) is 12.6 Å². The molecule has 8 nitrogen and oxygen atoms in total. The molecular weight excluding hydrogens is 751 g/mol. The van der Waals surface area contributed by atoms with Gasteiger partial charge in [-0.05, 0) is 70.6 Å².